The van der Waals surface area contributed by atoms with Gasteiger partial charge in [0.05, 0.1) is 18.3 Å². The molecule has 0 aromatic rings. The molecule has 0 spiro atoms. The predicted octanol–water partition coefficient (Wildman–Crippen LogP) is 1.96. The summed E-state index contributed by atoms with van der Waals surface area (Å²) in [6.07, 6.45) is 5.30. The van der Waals surface area contributed by atoms with Gasteiger partial charge in [-0.2, -0.15) is 0 Å². The highest BCUT2D eigenvalue weighted by molar-refractivity contribution is 4.80. The lowest BCUT2D eigenvalue weighted by Crippen LogP contribution is -2.23. The Morgan fingerprint density at radius 2 is 2.20 bits per heavy atom. The average molecular weight is 215 g/mol. The van der Waals surface area contributed by atoms with Gasteiger partial charge in [0.2, 0.25) is 0 Å². The summed E-state index contributed by atoms with van der Waals surface area (Å²) in [6.45, 7) is 7.19. The molecular weight excluding hydrogens is 190 g/mol. The van der Waals surface area contributed by atoms with E-state index in [4.69, 9.17) is 9.47 Å². The summed E-state index contributed by atoms with van der Waals surface area (Å²) in [6, 6.07) is 0. The molecule has 1 N–H and O–H groups in total. The maximum atomic E-state index is 5.92. The van der Waals surface area contributed by atoms with Crippen molar-refractivity contribution in [3.05, 3.63) is 0 Å². The Morgan fingerprint density at radius 1 is 1.40 bits per heavy atom. The zero-order chi connectivity index (χ0) is 11.1. The van der Waals surface area contributed by atoms with Crippen molar-refractivity contribution in [2.24, 2.45) is 0 Å². The molecule has 1 saturated heterocycles. The van der Waals surface area contributed by atoms with E-state index in [9.17, 15) is 0 Å². The summed E-state index contributed by atoms with van der Waals surface area (Å²) < 4.78 is 10.9. The van der Waals surface area contributed by atoms with Gasteiger partial charge >= 0.3 is 0 Å². The highest BCUT2D eigenvalue weighted by atomic mass is 16.5. The first-order chi connectivity index (χ1) is 7.14. The van der Waals surface area contributed by atoms with Gasteiger partial charge in [-0.15, -0.1) is 0 Å². The summed E-state index contributed by atoms with van der Waals surface area (Å²) in [5.74, 6) is 0. The van der Waals surface area contributed by atoms with Gasteiger partial charge < -0.3 is 14.8 Å². The number of nitrogens with one attached hydrogen (secondary N) is 1. The van der Waals surface area contributed by atoms with Crippen molar-refractivity contribution < 1.29 is 9.47 Å². The van der Waals surface area contributed by atoms with Gasteiger partial charge in [-0.25, -0.2) is 0 Å². The van der Waals surface area contributed by atoms with Crippen molar-refractivity contribution in [3.8, 4) is 0 Å². The van der Waals surface area contributed by atoms with Crippen LogP contribution in [0.4, 0.5) is 0 Å². The number of ether oxygens (including phenoxy) is 2. The van der Waals surface area contributed by atoms with E-state index < -0.39 is 0 Å². The van der Waals surface area contributed by atoms with Crippen molar-refractivity contribution in [1.29, 1.82) is 0 Å². The van der Waals surface area contributed by atoms with Gasteiger partial charge in [-0.05, 0) is 46.1 Å². The van der Waals surface area contributed by atoms with Crippen LogP contribution >= 0.6 is 0 Å². The second-order valence-corrected chi connectivity index (χ2v) is 4.92. The van der Waals surface area contributed by atoms with Crippen LogP contribution in [-0.4, -0.2) is 38.5 Å². The molecule has 1 heterocycles. The van der Waals surface area contributed by atoms with Crippen molar-refractivity contribution in [2.45, 2.75) is 51.2 Å². The minimum atomic E-state index is 0.119. The summed E-state index contributed by atoms with van der Waals surface area (Å²) >= 11 is 0. The molecule has 0 aromatic carbocycles. The average Bonchev–Trinajstić information content (AvgIpc) is 2.52. The Bertz CT molecular complexity index is 171. The minimum absolute atomic E-state index is 0.119. The molecule has 3 heteroatoms. The molecule has 1 atom stereocenters. The zero-order valence-electron chi connectivity index (χ0n) is 10.3. The number of hydrogen-bond donors (Lipinski definition) is 1. The molecular formula is C12H25NO2. The van der Waals surface area contributed by atoms with E-state index in [0.29, 0.717) is 6.10 Å². The summed E-state index contributed by atoms with van der Waals surface area (Å²) in [5.41, 5.74) is 0.119. The third-order valence-corrected chi connectivity index (χ3v) is 2.92. The Labute approximate surface area is 93.5 Å². The largest absolute Gasteiger partial charge is 0.383 e. The van der Waals surface area contributed by atoms with Crippen molar-refractivity contribution in [1.82, 2.24) is 5.32 Å². The molecule has 0 aliphatic carbocycles. The van der Waals surface area contributed by atoms with Gasteiger partial charge in [0, 0.05) is 13.7 Å². The molecule has 1 aliphatic rings. The number of rotatable bonds is 7. The van der Waals surface area contributed by atoms with Gasteiger partial charge in [-0.1, -0.05) is 0 Å². The van der Waals surface area contributed by atoms with E-state index in [-0.39, 0.29) is 5.60 Å². The van der Waals surface area contributed by atoms with Crippen LogP contribution in [-0.2, 0) is 9.47 Å². The molecule has 0 saturated carbocycles. The van der Waals surface area contributed by atoms with Gasteiger partial charge in [-0.3, -0.25) is 0 Å². The summed E-state index contributed by atoms with van der Waals surface area (Å²) in [5, 5.41) is 3.35. The van der Waals surface area contributed by atoms with Crippen molar-refractivity contribution in [3.63, 3.8) is 0 Å². The minimum Gasteiger partial charge on any atom is -0.383 e. The molecule has 1 aliphatic heterocycles. The molecule has 1 unspecified atom stereocenters. The molecule has 0 bridgehead atoms. The zero-order valence-corrected chi connectivity index (χ0v) is 10.3. The third kappa shape index (κ3) is 5.50. The van der Waals surface area contributed by atoms with Crippen LogP contribution in [0.1, 0.15) is 39.5 Å². The first kappa shape index (κ1) is 12.9. The molecule has 1 fully saturated rings. The van der Waals surface area contributed by atoms with Gasteiger partial charge in [0.25, 0.3) is 0 Å². The first-order valence-electron chi connectivity index (χ1n) is 6.01. The fourth-order valence-corrected chi connectivity index (χ4v) is 2.03. The monoisotopic (exact) mass is 215 g/mol. The van der Waals surface area contributed by atoms with E-state index in [0.717, 1.165) is 19.7 Å². The SMILES string of the molecule is COCCNCCCC1CCC(C)(C)O1. The molecule has 3 nitrogen and oxygen atoms in total. The maximum Gasteiger partial charge on any atom is 0.0631 e. The third-order valence-electron chi connectivity index (χ3n) is 2.92. The van der Waals surface area contributed by atoms with Crippen LogP contribution < -0.4 is 5.32 Å². The molecule has 0 radical (unpaired) electrons. The maximum absolute atomic E-state index is 5.92. The van der Waals surface area contributed by atoms with E-state index >= 15 is 0 Å². The van der Waals surface area contributed by atoms with Crippen LogP contribution in [0.5, 0.6) is 0 Å². The van der Waals surface area contributed by atoms with Crippen LogP contribution in [0.15, 0.2) is 0 Å². The van der Waals surface area contributed by atoms with Crippen LogP contribution in [0.3, 0.4) is 0 Å². The highest BCUT2D eigenvalue weighted by Gasteiger charge is 2.30. The molecule has 0 amide bonds. The van der Waals surface area contributed by atoms with Crippen LogP contribution in [0.25, 0.3) is 0 Å². The summed E-state index contributed by atoms with van der Waals surface area (Å²) in [7, 11) is 1.73. The second kappa shape index (κ2) is 6.46. The van der Waals surface area contributed by atoms with Gasteiger partial charge in [0.15, 0.2) is 0 Å². The van der Waals surface area contributed by atoms with Crippen molar-refractivity contribution in [2.75, 3.05) is 26.8 Å². The number of methoxy groups -OCH3 is 1. The smallest absolute Gasteiger partial charge is 0.0631 e. The van der Waals surface area contributed by atoms with Crippen molar-refractivity contribution >= 4 is 0 Å². The first-order valence-corrected chi connectivity index (χ1v) is 6.01. The Hall–Kier alpha value is -0.120. The predicted molar refractivity (Wildman–Crippen MR) is 62.2 cm³/mol. The molecule has 90 valence electrons. The highest BCUT2D eigenvalue weighted by Crippen LogP contribution is 2.31. The quantitative estimate of drug-likeness (QED) is 0.659. The standard InChI is InChI=1S/C12H25NO2/c1-12(2)7-6-11(15-12)5-4-8-13-9-10-14-3/h11,13H,4-10H2,1-3H3. The van der Waals surface area contributed by atoms with E-state index in [2.05, 4.69) is 19.2 Å². The fraction of sp³-hybridized carbons (Fsp3) is 1.00. The van der Waals surface area contributed by atoms with Crippen LogP contribution in [0.2, 0.25) is 0 Å². The lowest BCUT2D eigenvalue weighted by Gasteiger charge is -2.19. The van der Waals surface area contributed by atoms with E-state index in [1.165, 1.54) is 25.7 Å². The lowest BCUT2D eigenvalue weighted by atomic mass is 10.0. The molecule has 0 aromatic heterocycles. The Morgan fingerprint density at radius 3 is 2.80 bits per heavy atom. The lowest BCUT2D eigenvalue weighted by molar-refractivity contribution is -0.0188. The summed E-state index contributed by atoms with van der Waals surface area (Å²) in [4.78, 5) is 0. The normalized spacial score (nSPS) is 24.6. The van der Waals surface area contributed by atoms with Crippen LogP contribution in [0, 0.1) is 0 Å². The van der Waals surface area contributed by atoms with E-state index in [1.807, 2.05) is 0 Å². The number of hydrogen-bond acceptors (Lipinski definition) is 3. The Kier molecular flexibility index (Phi) is 5.58. The molecule has 1 rings (SSSR count). The second-order valence-electron chi connectivity index (χ2n) is 4.92. The fourth-order valence-electron chi connectivity index (χ4n) is 2.03. The Balaban J connectivity index is 1.93. The van der Waals surface area contributed by atoms with E-state index in [1.54, 1.807) is 7.11 Å². The topological polar surface area (TPSA) is 30.5 Å². The molecule has 15 heavy (non-hydrogen) atoms. The van der Waals surface area contributed by atoms with Gasteiger partial charge in [0.1, 0.15) is 0 Å².